The molecule has 2 aromatic rings. The van der Waals surface area contributed by atoms with Crippen LogP contribution < -0.4 is 10.1 Å². The number of methoxy groups -OCH3 is 2. The summed E-state index contributed by atoms with van der Waals surface area (Å²) in [5, 5.41) is 3.30. The van der Waals surface area contributed by atoms with Crippen LogP contribution in [0, 0.1) is 5.82 Å². The number of para-hydroxylation sites is 1. The van der Waals surface area contributed by atoms with Crippen LogP contribution in [0.1, 0.15) is 16.7 Å². The van der Waals surface area contributed by atoms with E-state index in [1.54, 1.807) is 33.4 Å². The number of aliphatic imine (C=N–C) groups is 1. The summed E-state index contributed by atoms with van der Waals surface area (Å²) < 4.78 is 24.2. The van der Waals surface area contributed by atoms with Crippen molar-refractivity contribution in [2.75, 3.05) is 28.3 Å². The topological polar surface area (TPSA) is 46.1 Å². The van der Waals surface area contributed by atoms with Gasteiger partial charge in [-0.15, -0.1) is 0 Å². The van der Waals surface area contributed by atoms with Crippen LogP contribution in [0.2, 0.25) is 0 Å². The smallest absolute Gasteiger partial charge is 0.193 e. The summed E-state index contributed by atoms with van der Waals surface area (Å²) in [6.45, 7) is 1.45. The monoisotopic (exact) mass is 359 g/mol. The Balaban J connectivity index is 2.02. The predicted octanol–water partition coefficient (Wildman–Crippen LogP) is 3.19. The van der Waals surface area contributed by atoms with Gasteiger partial charge in [0, 0.05) is 45.4 Å². The van der Waals surface area contributed by atoms with Crippen molar-refractivity contribution in [1.82, 2.24) is 10.2 Å². The van der Waals surface area contributed by atoms with E-state index in [1.807, 2.05) is 36.2 Å². The lowest BCUT2D eigenvalue weighted by Crippen LogP contribution is -2.38. The summed E-state index contributed by atoms with van der Waals surface area (Å²) in [6, 6.07) is 12.9. The molecule has 0 radical (unpaired) electrons. The van der Waals surface area contributed by atoms with Crippen LogP contribution in [0.25, 0.3) is 0 Å². The number of nitrogens with zero attached hydrogens (tertiary/aromatic N) is 2. The second-order valence-corrected chi connectivity index (χ2v) is 5.93. The third-order valence-corrected chi connectivity index (χ3v) is 4.03. The average Bonchev–Trinajstić information content (AvgIpc) is 2.65. The number of guanidine groups is 1. The van der Waals surface area contributed by atoms with E-state index in [-0.39, 0.29) is 12.4 Å². The van der Waals surface area contributed by atoms with Gasteiger partial charge in [-0.1, -0.05) is 24.3 Å². The molecule has 0 heterocycles. The predicted molar refractivity (Wildman–Crippen MR) is 102 cm³/mol. The van der Waals surface area contributed by atoms with Crippen LogP contribution in [0.3, 0.4) is 0 Å². The van der Waals surface area contributed by atoms with E-state index in [4.69, 9.17) is 9.47 Å². The second kappa shape index (κ2) is 9.77. The molecule has 0 aliphatic carbocycles. The number of rotatable bonds is 7. The Morgan fingerprint density at radius 3 is 2.62 bits per heavy atom. The van der Waals surface area contributed by atoms with Crippen LogP contribution in [-0.2, 0) is 24.4 Å². The number of hydrogen-bond donors (Lipinski definition) is 1. The van der Waals surface area contributed by atoms with Gasteiger partial charge in [0.15, 0.2) is 5.96 Å². The van der Waals surface area contributed by atoms with Crippen molar-refractivity contribution in [3.63, 3.8) is 0 Å². The van der Waals surface area contributed by atoms with Gasteiger partial charge in [-0.25, -0.2) is 4.39 Å². The first-order chi connectivity index (χ1) is 12.6. The molecule has 2 aromatic carbocycles. The molecule has 6 heteroatoms. The molecule has 0 bridgehead atoms. The molecule has 0 fully saturated rings. The SMILES string of the molecule is CN=C(NCc1ccc(F)c(COC)c1)N(C)Cc1ccccc1OC. The van der Waals surface area contributed by atoms with Gasteiger partial charge in [0.2, 0.25) is 0 Å². The van der Waals surface area contributed by atoms with E-state index >= 15 is 0 Å². The van der Waals surface area contributed by atoms with Gasteiger partial charge >= 0.3 is 0 Å². The highest BCUT2D eigenvalue weighted by atomic mass is 19.1. The number of nitrogens with one attached hydrogen (secondary N) is 1. The number of ether oxygens (including phenoxy) is 2. The zero-order valence-electron chi connectivity index (χ0n) is 15.8. The van der Waals surface area contributed by atoms with Crippen molar-refractivity contribution in [1.29, 1.82) is 0 Å². The fourth-order valence-electron chi connectivity index (χ4n) is 2.73. The number of benzene rings is 2. The van der Waals surface area contributed by atoms with Crippen LogP contribution in [0.4, 0.5) is 4.39 Å². The Hall–Kier alpha value is -2.60. The maximum atomic E-state index is 13.7. The van der Waals surface area contributed by atoms with E-state index in [0.717, 1.165) is 22.8 Å². The van der Waals surface area contributed by atoms with Crippen molar-refractivity contribution < 1.29 is 13.9 Å². The lowest BCUT2D eigenvalue weighted by molar-refractivity contribution is 0.181. The molecular formula is C20H26FN3O2. The quantitative estimate of drug-likeness (QED) is 0.609. The molecule has 2 rings (SSSR count). The third-order valence-electron chi connectivity index (χ3n) is 4.03. The largest absolute Gasteiger partial charge is 0.496 e. The van der Waals surface area contributed by atoms with E-state index in [2.05, 4.69) is 10.3 Å². The van der Waals surface area contributed by atoms with Gasteiger partial charge in [0.05, 0.1) is 13.7 Å². The fourth-order valence-corrected chi connectivity index (χ4v) is 2.73. The third kappa shape index (κ3) is 5.20. The van der Waals surface area contributed by atoms with Crippen LogP contribution in [0.15, 0.2) is 47.5 Å². The lowest BCUT2D eigenvalue weighted by Gasteiger charge is -2.23. The summed E-state index contributed by atoms with van der Waals surface area (Å²) in [6.07, 6.45) is 0. The number of halogens is 1. The van der Waals surface area contributed by atoms with Crippen LogP contribution in [0.5, 0.6) is 5.75 Å². The van der Waals surface area contributed by atoms with Gasteiger partial charge in [-0.2, -0.15) is 0 Å². The summed E-state index contributed by atoms with van der Waals surface area (Å²) in [7, 11) is 6.92. The molecule has 0 aromatic heterocycles. The maximum Gasteiger partial charge on any atom is 0.193 e. The number of hydrogen-bond acceptors (Lipinski definition) is 3. The standard InChI is InChI=1S/C20H26FN3O2/c1-22-20(24(2)13-16-7-5-6-8-19(16)26-4)23-12-15-9-10-18(21)17(11-15)14-25-3/h5-11H,12-14H2,1-4H3,(H,22,23). The molecule has 0 saturated carbocycles. The molecule has 140 valence electrons. The summed E-state index contributed by atoms with van der Waals surface area (Å²) in [5.74, 6) is 1.33. The Kier molecular flexibility index (Phi) is 7.41. The zero-order valence-corrected chi connectivity index (χ0v) is 15.8. The molecule has 0 saturated heterocycles. The lowest BCUT2D eigenvalue weighted by atomic mass is 10.1. The highest BCUT2D eigenvalue weighted by Crippen LogP contribution is 2.18. The molecule has 1 N–H and O–H groups in total. The molecule has 0 atom stereocenters. The van der Waals surface area contributed by atoms with Gasteiger partial charge in [0.1, 0.15) is 11.6 Å². The van der Waals surface area contributed by atoms with Gasteiger partial charge in [0.25, 0.3) is 0 Å². The van der Waals surface area contributed by atoms with E-state index < -0.39 is 0 Å². The minimum absolute atomic E-state index is 0.252. The Morgan fingerprint density at radius 1 is 1.15 bits per heavy atom. The van der Waals surface area contributed by atoms with Gasteiger partial charge < -0.3 is 19.7 Å². The first kappa shape index (κ1) is 19.7. The van der Waals surface area contributed by atoms with Gasteiger partial charge in [-0.3, -0.25) is 4.99 Å². The second-order valence-electron chi connectivity index (χ2n) is 5.93. The highest BCUT2D eigenvalue weighted by molar-refractivity contribution is 5.79. The fraction of sp³-hybridized carbons (Fsp3) is 0.350. The molecule has 0 spiro atoms. The average molecular weight is 359 g/mol. The molecule has 26 heavy (non-hydrogen) atoms. The van der Waals surface area contributed by atoms with E-state index in [1.165, 1.54) is 6.07 Å². The van der Waals surface area contributed by atoms with Gasteiger partial charge in [-0.05, 0) is 23.8 Å². The van der Waals surface area contributed by atoms with E-state index in [0.29, 0.717) is 18.7 Å². The molecular weight excluding hydrogens is 333 g/mol. The zero-order chi connectivity index (χ0) is 18.9. The summed E-state index contributed by atoms with van der Waals surface area (Å²) in [5.41, 5.74) is 2.58. The normalized spacial score (nSPS) is 11.3. The van der Waals surface area contributed by atoms with E-state index in [9.17, 15) is 4.39 Å². The molecule has 0 amide bonds. The highest BCUT2D eigenvalue weighted by Gasteiger charge is 2.10. The van der Waals surface area contributed by atoms with Crippen molar-refractivity contribution >= 4 is 5.96 Å². The summed E-state index contributed by atoms with van der Waals surface area (Å²) in [4.78, 5) is 6.33. The molecule has 0 aliphatic rings. The van der Waals surface area contributed by atoms with Crippen LogP contribution in [-0.4, -0.2) is 39.2 Å². The van der Waals surface area contributed by atoms with Crippen molar-refractivity contribution in [3.8, 4) is 5.75 Å². The molecule has 5 nitrogen and oxygen atoms in total. The Bertz CT molecular complexity index is 750. The van der Waals surface area contributed by atoms with Crippen molar-refractivity contribution in [3.05, 3.63) is 65.0 Å². The minimum atomic E-state index is -0.256. The molecule has 0 unspecified atom stereocenters. The Labute approximate surface area is 154 Å². The molecule has 0 aliphatic heterocycles. The Morgan fingerprint density at radius 2 is 1.92 bits per heavy atom. The summed E-state index contributed by atoms with van der Waals surface area (Å²) >= 11 is 0. The van der Waals surface area contributed by atoms with Crippen LogP contribution >= 0.6 is 0 Å². The van der Waals surface area contributed by atoms with Crippen molar-refractivity contribution in [2.24, 2.45) is 4.99 Å². The maximum absolute atomic E-state index is 13.7. The van der Waals surface area contributed by atoms with Crippen molar-refractivity contribution in [2.45, 2.75) is 19.7 Å². The first-order valence-electron chi connectivity index (χ1n) is 8.39. The minimum Gasteiger partial charge on any atom is -0.496 e. The first-order valence-corrected chi connectivity index (χ1v) is 8.39.